The van der Waals surface area contributed by atoms with Gasteiger partial charge in [0.1, 0.15) is 0 Å². The van der Waals surface area contributed by atoms with Gasteiger partial charge < -0.3 is 5.32 Å². The topological polar surface area (TPSA) is 72.0 Å². The zero-order valence-electron chi connectivity index (χ0n) is 10.7. The highest BCUT2D eigenvalue weighted by Crippen LogP contribution is 2.49. The maximum atomic E-state index is 13.0. The first kappa shape index (κ1) is 14.1. The lowest BCUT2D eigenvalue weighted by atomic mass is 9.77. The van der Waals surface area contributed by atoms with Crippen LogP contribution in [0.1, 0.15) is 36.4 Å². The first-order valence-electron chi connectivity index (χ1n) is 6.30. The quantitative estimate of drug-likeness (QED) is 0.848. The number of hydrogen-bond donors (Lipinski definition) is 1. The Bertz CT molecular complexity index is 667. The first-order chi connectivity index (χ1) is 9.85. The molecule has 0 saturated heterocycles. The molecular weight excluding hydrogens is 304 g/mol. The highest BCUT2D eigenvalue weighted by molar-refractivity contribution is 6.30. The van der Waals surface area contributed by atoms with E-state index in [4.69, 9.17) is 11.6 Å². The average molecular weight is 314 g/mol. The van der Waals surface area contributed by atoms with E-state index >= 15 is 0 Å². The normalized spacial score (nSPS) is 21.6. The van der Waals surface area contributed by atoms with Gasteiger partial charge in [-0.15, -0.1) is 10.2 Å². The molecule has 3 rings (SSSR count). The van der Waals surface area contributed by atoms with Crippen LogP contribution in [0.25, 0.3) is 5.57 Å². The molecular formula is C13H10ClF2N3O2. The maximum Gasteiger partial charge on any atom is 0.249 e. The average Bonchev–Trinajstić information content (AvgIpc) is 2.37. The third kappa shape index (κ3) is 2.65. The van der Waals surface area contributed by atoms with Crippen molar-refractivity contribution in [3.8, 4) is 0 Å². The van der Waals surface area contributed by atoms with Crippen LogP contribution >= 0.6 is 11.6 Å². The van der Waals surface area contributed by atoms with Crippen LogP contribution in [0.2, 0.25) is 5.15 Å². The molecule has 2 aliphatic rings. The zero-order valence-corrected chi connectivity index (χ0v) is 11.5. The van der Waals surface area contributed by atoms with Gasteiger partial charge in [0.2, 0.25) is 11.8 Å². The summed E-state index contributed by atoms with van der Waals surface area (Å²) in [5.41, 5.74) is 0.888. The van der Waals surface area contributed by atoms with Crippen molar-refractivity contribution in [1.82, 2.24) is 15.5 Å². The summed E-state index contributed by atoms with van der Waals surface area (Å²) in [5, 5.41) is 10.0. The standard InChI is InChI=1S/C13H10ClF2N3O2/c14-12-7(6-3-13(15,16)4-6)1-9(18-19-12)8-5-17-11(21)2-10(8)20/h1,5-6H,2-4H2,(H,17,21). The molecule has 1 fully saturated rings. The van der Waals surface area contributed by atoms with Crippen LogP contribution in [-0.2, 0) is 9.59 Å². The molecule has 0 unspecified atom stereocenters. The smallest absolute Gasteiger partial charge is 0.249 e. The second kappa shape index (κ2) is 4.84. The summed E-state index contributed by atoms with van der Waals surface area (Å²) in [6.45, 7) is 0. The van der Waals surface area contributed by atoms with Crippen molar-refractivity contribution in [2.45, 2.75) is 31.1 Å². The number of ketones is 1. The number of nitrogens with zero attached hydrogens (tertiary/aromatic N) is 2. The number of allylic oxidation sites excluding steroid dienone is 1. The summed E-state index contributed by atoms with van der Waals surface area (Å²) in [4.78, 5) is 22.9. The van der Waals surface area contributed by atoms with Crippen molar-refractivity contribution in [3.05, 3.63) is 28.7 Å². The molecule has 2 heterocycles. The summed E-state index contributed by atoms with van der Waals surface area (Å²) in [5.74, 6) is -3.86. The molecule has 1 aromatic heterocycles. The van der Waals surface area contributed by atoms with Gasteiger partial charge in [-0.3, -0.25) is 9.59 Å². The number of halogens is 3. The largest absolute Gasteiger partial charge is 0.331 e. The minimum absolute atomic E-state index is 0.0622. The van der Waals surface area contributed by atoms with Crippen LogP contribution < -0.4 is 5.32 Å². The molecule has 1 aliphatic heterocycles. The van der Waals surface area contributed by atoms with E-state index in [1.54, 1.807) is 0 Å². The fourth-order valence-electron chi connectivity index (χ4n) is 2.43. The highest BCUT2D eigenvalue weighted by atomic mass is 35.5. The maximum absolute atomic E-state index is 13.0. The number of carbonyl (C=O) groups excluding carboxylic acids is 2. The van der Waals surface area contributed by atoms with Crippen molar-refractivity contribution >= 4 is 28.9 Å². The number of rotatable bonds is 2. The van der Waals surface area contributed by atoms with Crippen molar-refractivity contribution in [2.75, 3.05) is 0 Å². The third-order valence-corrected chi connectivity index (χ3v) is 3.87. The zero-order chi connectivity index (χ0) is 15.2. The van der Waals surface area contributed by atoms with Crippen LogP contribution in [-0.4, -0.2) is 27.8 Å². The minimum atomic E-state index is -2.68. The van der Waals surface area contributed by atoms with Gasteiger partial charge in [-0.2, -0.15) is 0 Å². The number of alkyl halides is 2. The first-order valence-corrected chi connectivity index (χ1v) is 6.67. The van der Waals surface area contributed by atoms with E-state index < -0.39 is 17.7 Å². The number of hydrogen-bond acceptors (Lipinski definition) is 4. The van der Waals surface area contributed by atoms with Crippen LogP contribution in [0.3, 0.4) is 0 Å². The van der Waals surface area contributed by atoms with Crippen LogP contribution in [0.5, 0.6) is 0 Å². The van der Waals surface area contributed by atoms with Gasteiger partial charge in [0.25, 0.3) is 0 Å². The van der Waals surface area contributed by atoms with Crippen LogP contribution in [0.4, 0.5) is 8.78 Å². The molecule has 8 heteroatoms. The number of Topliss-reactive ketones (excluding diaryl/α,β-unsaturated/α-hetero) is 1. The highest BCUT2D eigenvalue weighted by Gasteiger charge is 2.46. The number of carbonyl (C=O) groups is 2. The molecule has 0 spiro atoms. The summed E-state index contributed by atoms with van der Waals surface area (Å²) in [6, 6.07) is 1.50. The monoisotopic (exact) mass is 313 g/mol. The summed E-state index contributed by atoms with van der Waals surface area (Å²) in [6.07, 6.45) is 0.404. The number of amides is 1. The van der Waals surface area contributed by atoms with Gasteiger partial charge in [0.15, 0.2) is 10.9 Å². The van der Waals surface area contributed by atoms with E-state index in [1.165, 1.54) is 12.3 Å². The molecule has 0 bridgehead atoms. The number of aromatic nitrogens is 2. The summed E-state index contributed by atoms with van der Waals surface area (Å²) < 4.78 is 25.9. The van der Waals surface area contributed by atoms with E-state index in [9.17, 15) is 18.4 Å². The van der Waals surface area contributed by atoms with Crippen LogP contribution in [0.15, 0.2) is 12.3 Å². The third-order valence-electron chi connectivity index (χ3n) is 3.58. The lowest BCUT2D eigenvalue weighted by Gasteiger charge is -2.35. The van der Waals surface area contributed by atoms with E-state index in [1.807, 2.05) is 0 Å². The summed E-state index contributed by atoms with van der Waals surface area (Å²) >= 11 is 5.90. The van der Waals surface area contributed by atoms with Crippen LogP contribution in [0, 0.1) is 0 Å². The Morgan fingerprint density at radius 3 is 2.62 bits per heavy atom. The van der Waals surface area contributed by atoms with Gasteiger partial charge in [-0.05, 0) is 17.5 Å². The molecule has 21 heavy (non-hydrogen) atoms. The molecule has 0 atom stereocenters. The SMILES string of the molecule is O=C1CC(=O)C(c2cc(C3CC(F)(F)C3)c(Cl)nn2)=CN1. The summed E-state index contributed by atoms with van der Waals surface area (Å²) in [7, 11) is 0. The van der Waals surface area contributed by atoms with Gasteiger partial charge in [0, 0.05) is 19.0 Å². The van der Waals surface area contributed by atoms with Gasteiger partial charge in [-0.1, -0.05) is 11.6 Å². The Kier molecular flexibility index (Phi) is 3.24. The molecule has 1 N–H and O–H groups in total. The van der Waals surface area contributed by atoms with Crippen molar-refractivity contribution in [3.63, 3.8) is 0 Å². The molecule has 1 aliphatic carbocycles. The molecule has 1 saturated carbocycles. The Hall–Kier alpha value is -1.89. The molecule has 110 valence electrons. The Balaban J connectivity index is 1.91. The lowest BCUT2D eigenvalue weighted by molar-refractivity contribution is -0.125. The predicted octanol–water partition coefficient (Wildman–Crippen LogP) is 2.07. The number of nitrogens with one attached hydrogen (secondary N) is 1. The molecule has 0 aromatic carbocycles. The predicted molar refractivity (Wildman–Crippen MR) is 69.7 cm³/mol. The van der Waals surface area contributed by atoms with E-state index in [-0.39, 0.29) is 41.5 Å². The minimum Gasteiger partial charge on any atom is -0.331 e. The fourth-order valence-corrected chi connectivity index (χ4v) is 2.68. The Morgan fingerprint density at radius 2 is 2.00 bits per heavy atom. The van der Waals surface area contributed by atoms with Crippen molar-refractivity contribution in [1.29, 1.82) is 0 Å². The second-order valence-electron chi connectivity index (χ2n) is 5.16. The van der Waals surface area contributed by atoms with Gasteiger partial charge >= 0.3 is 0 Å². The lowest BCUT2D eigenvalue weighted by Crippen LogP contribution is -2.34. The second-order valence-corrected chi connectivity index (χ2v) is 5.52. The Labute approximate surface area is 123 Å². The Morgan fingerprint density at radius 1 is 1.29 bits per heavy atom. The van der Waals surface area contributed by atoms with Gasteiger partial charge in [0.05, 0.1) is 17.7 Å². The fraction of sp³-hybridized carbons (Fsp3) is 0.385. The molecule has 0 radical (unpaired) electrons. The molecule has 5 nitrogen and oxygen atoms in total. The van der Waals surface area contributed by atoms with E-state index in [0.717, 1.165) is 0 Å². The van der Waals surface area contributed by atoms with Crippen molar-refractivity contribution in [2.24, 2.45) is 0 Å². The van der Waals surface area contributed by atoms with E-state index in [2.05, 4.69) is 15.5 Å². The van der Waals surface area contributed by atoms with Gasteiger partial charge in [-0.25, -0.2) is 8.78 Å². The van der Waals surface area contributed by atoms with E-state index in [0.29, 0.717) is 5.56 Å². The molecule has 1 aromatic rings. The van der Waals surface area contributed by atoms with Crippen molar-refractivity contribution < 1.29 is 18.4 Å². The molecule has 1 amide bonds.